The number of anilines is 1. The van der Waals surface area contributed by atoms with E-state index in [-0.39, 0.29) is 4.90 Å². The summed E-state index contributed by atoms with van der Waals surface area (Å²) in [7, 11) is -1.70. The summed E-state index contributed by atoms with van der Waals surface area (Å²) in [6.07, 6.45) is 1.67. The lowest BCUT2D eigenvalue weighted by atomic mass is 9.92. The van der Waals surface area contributed by atoms with Crippen LogP contribution in [0.25, 0.3) is 0 Å². The second-order valence-electron chi connectivity index (χ2n) is 5.27. The third-order valence-corrected chi connectivity index (χ3v) is 5.55. The molecule has 1 aliphatic rings. The van der Waals surface area contributed by atoms with Crippen molar-refractivity contribution in [2.75, 3.05) is 10.8 Å². The van der Waals surface area contributed by atoms with Crippen molar-refractivity contribution in [1.82, 2.24) is 0 Å². The molecule has 0 unspecified atom stereocenters. The van der Waals surface area contributed by atoms with E-state index in [1.807, 2.05) is 26.0 Å². The van der Waals surface area contributed by atoms with Crippen molar-refractivity contribution in [2.24, 2.45) is 0 Å². The lowest BCUT2D eigenvalue weighted by molar-refractivity contribution is 0.585. The number of sulfonamides is 1. The number of nitrogens with zero attached hydrogens (tertiary/aromatic N) is 1. The van der Waals surface area contributed by atoms with Crippen LogP contribution < -0.4 is 9.77 Å². The molecule has 0 bridgehead atoms. The molecular weight excluding hydrogens is 288 g/mol. The van der Waals surface area contributed by atoms with Crippen molar-refractivity contribution in [1.29, 1.82) is 0 Å². The predicted octanol–water partition coefficient (Wildman–Crippen LogP) is 1.23. The maximum atomic E-state index is 13.0. The highest BCUT2D eigenvalue weighted by Gasteiger charge is 2.28. The van der Waals surface area contributed by atoms with Crippen molar-refractivity contribution in [3.8, 4) is 0 Å². The number of halogens is 1. The quantitative estimate of drug-likeness (QED) is 0.783. The molecule has 0 aromatic heterocycles. The Morgan fingerprint density at radius 2 is 1.81 bits per heavy atom. The topological polar surface area (TPSA) is 37.4 Å². The van der Waals surface area contributed by atoms with Gasteiger partial charge in [0.2, 0.25) is 0 Å². The summed E-state index contributed by atoms with van der Waals surface area (Å²) in [4.78, 5) is 0.123. The Bertz CT molecular complexity index is 775. The molecule has 2 aromatic carbocycles. The summed E-state index contributed by atoms with van der Waals surface area (Å²) in [5.74, 6) is -0.441. The molecule has 0 N–H and O–H groups in total. The largest absolute Gasteiger partial charge is 0.266 e. The lowest BCUT2D eigenvalue weighted by Crippen LogP contribution is -2.36. The fraction of sp³-hybridized carbons (Fsp3) is 0.200. The zero-order chi connectivity index (χ0) is 15.0. The highest BCUT2D eigenvalue weighted by atomic mass is 32.2. The second kappa shape index (κ2) is 5.18. The van der Waals surface area contributed by atoms with Gasteiger partial charge in [0.1, 0.15) is 13.7 Å². The van der Waals surface area contributed by atoms with Gasteiger partial charge < -0.3 is 0 Å². The van der Waals surface area contributed by atoms with Crippen LogP contribution in [-0.2, 0) is 16.4 Å². The van der Waals surface area contributed by atoms with E-state index in [2.05, 4.69) is 0 Å². The number of rotatable bonds is 2. The number of fused-ring (bicyclic) bond motifs is 1. The van der Waals surface area contributed by atoms with Crippen molar-refractivity contribution >= 4 is 29.0 Å². The zero-order valence-corrected chi connectivity index (χ0v) is 12.5. The number of hydrogen-bond donors (Lipinski definition) is 0. The van der Waals surface area contributed by atoms with Gasteiger partial charge in [0.15, 0.2) is 0 Å². The Hall–Kier alpha value is -1.82. The summed E-state index contributed by atoms with van der Waals surface area (Å²) in [5, 5.41) is 0. The Morgan fingerprint density at radius 3 is 2.52 bits per heavy atom. The monoisotopic (exact) mass is 303 g/mol. The first-order chi connectivity index (χ1) is 9.98. The van der Waals surface area contributed by atoms with Gasteiger partial charge in [-0.15, -0.1) is 0 Å². The molecule has 0 saturated heterocycles. The molecule has 1 heterocycles. The minimum atomic E-state index is -3.64. The average Bonchev–Trinajstić information content (AvgIpc) is 2.47. The molecule has 21 heavy (non-hydrogen) atoms. The van der Waals surface area contributed by atoms with E-state index in [9.17, 15) is 12.8 Å². The average molecular weight is 303 g/mol. The number of aryl methyl sites for hydroxylation is 1. The van der Waals surface area contributed by atoms with Gasteiger partial charge in [-0.05, 0) is 48.7 Å². The normalized spacial score (nSPS) is 14.8. The second-order valence-corrected chi connectivity index (χ2v) is 7.13. The Kier molecular flexibility index (Phi) is 3.49. The summed E-state index contributed by atoms with van der Waals surface area (Å²) in [6.45, 7) is 0.455. The maximum absolute atomic E-state index is 13.0. The molecule has 0 saturated carbocycles. The Balaban J connectivity index is 2.09. The molecule has 1 aliphatic heterocycles. The van der Waals surface area contributed by atoms with Crippen molar-refractivity contribution in [3.05, 3.63) is 53.8 Å². The van der Waals surface area contributed by atoms with Gasteiger partial charge in [0.25, 0.3) is 10.0 Å². The van der Waals surface area contributed by atoms with Gasteiger partial charge in [-0.25, -0.2) is 12.8 Å². The molecule has 0 fully saturated rings. The third kappa shape index (κ3) is 2.55. The first kappa shape index (κ1) is 14.1. The highest BCUT2D eigenvalue weighted by Crippen LogP contribution is 2.31. The summed E-state index contributed by atoms with van der Waals surface area (Å²) in [5.41, 5.74) is 2.80. The predicted molar refractivity (Wildman–Crippen MR) is 83.9 cm³/mol. The fourth-order valence-corrected chi connectivity index (χ4v) is 4.17. The highest BCUT2D eigenvalue weighted by molar-refractivity contribution is 7.92. The van der Waals surface area contributed by atoms with Gasteiger partial charge in [-0.2, -0.15) is 0 Å². The molecule has 0 spiro atoms. The van der Waals surface area contributed by atoms with E-state index in [0.717, 1.165) is 29.6 Å². The smallest absolute Gasteiger partial charge is 0.264 e. The minimum absolute atomic E-state index is 0.123. The molecule has 0 amide bonds. The first-order valence-corrected chi connectivity index (χ1v) is 8.30. The maximum Gasteiger partial charge on any atom is 0.264 e. The van der Waals surface area contributed by atoms with Crippen LogP contribution in [0.1, 0.15) is 12.0 Å². The number of hydrogen-bond acceptors (Lipinski definition) is 2. The molecule has 0 radical (unpaired) electrons. The van der Waals surface area contributed by atoms with Crippen molar-refractivity contribution in [3.63, 3.8) is 0 Å². The van der Waals surface area contributed by atoms with Crippen LogP contribution in [0, 0.1) is 5.82 Å². The molecular formula is C15H15BFNO2S. The van der Waals surface area contributed by atoms with Crippen molar-refractivity contribution in [2.45, 2.75) is 17.7 Å². The molecule has 3 nitrogen and oxygen atoms in total. The van der Waals surface area contributed by atoms with Gasteiger partial charge in [0, 0.05) is 6.54 Å². The van der Waals surface area contributed by atoms with Gasteiger partial charge >= 0.3 is 0 Å². The fourth-order valence-electron chi connectivity index (χ4n) is 2.63. The van der Waals surface area contributed by atoms with Gasteiger partial charge in [-0.1, -0.05) is 17.6 Å². The van der Waals surface area contributed by atoms with E-state index < -0.39 is 15.8 Å². The van der Waals surface area contributed by atoms with Crippen LogP contribution in [0.15, 0.2) is 47.4 Å². The summed E-state index contributed by atoms with van der Waals surface area (Å²) < 4.78 is 40.0. The molecule has 108 valence electrons. The van der Waals surface area contributed by atoms with Crippen LogP contribution in [0.2, 0.25) is 0 Å². The molecule has 2 aromatic rings. The molecule has 3 rings (SSSR count). The zero-order valence-electron chi connectivity index (χ0n) is 11.7. The van der Waals surface area contributed by atoms with E-state index in [1.165, 1.54) is 28.6 Å². The van der Waals surface area contributed by atoms with Crippen LogP contribution in [0.4, 0.5) is 10.1 Å². The van der Waals surface area contributed by atoms with Crippen LogP contribution in [-0.4, -0.2) is 22.8 Å². The van der Waals surface area contributed by atoms with E-state index in [0.29, 0.717) is 6.54 Å². The minimum Gasteiger partial charge on any atom is -0.266 e. The standard InChI is InChI=1S/C15H15BFNO2S/c16-12-4-3-11-2-1-9-18(15(11)10-12)21(19,20)14-7-5-13(17)6-8-14/h3-8,10H,1-2,9,16H2. The van der Waals surface area contributed by atoms with Crippen LogP contribution >= 0.6 is 0 Å². The van der Waals surface area contributed by atoms with E-state index in [4.69, 9.17) is 0 Å². The molecule has 6 heteroatoms. The Labute approximate surface area is 124 Å². The van der Waals surface area contributed by atoms with E-state index in [1.54, 1.807) is 0 Å². The molecule has 0 aliphatic carbocycles. The first-order valence-electron chi connectivity index (χ1n) is 6.86. The Morgan fingerprint density at radius 1 is 1.10 bits per heavy atom. The summed E-state index contributed by atoms with van der Waals surface area (Å²) in [6, 6.07) is 10.9. The summed E-state index contributed by atoms with van der Waals surface area (Å²) >= 11 is 0. The van der Waals surface area contributed by atoms with Gasteiger partial charge in [0.05, 0.1) is 10.6 Å². The van der Waals surface area contributed by atoms with Gasteiger partial charge in [-0.3, -0.25) is 4.31 Å². The SMILES string of the molecule is Bc1ccc2c(c1)N(S(=O)(=O)c1ccc(F)cc1)CCC2. The molecule has 0 atom stereocenters. The number of benzene rings is 2. The van der Waals surface area contributed by atoms with Crippen LogP contribution in [0.5, 0.6) is 0 Å². The van der Waals surface area contributed by atoms with E-state index >= 15 is 0 Å². The lowest BCUT2D eigenvalue weighted by Gasteiger charge is -2.30. The van der Waals surface area contributed by atoms with Crippen molar-refractivity contribution < 1.29 is 12.8 Å². The van der Waals surface area contributed by atoms with Crippen LogP contribution in [0.3, 0.4) is 0 Å². The third-order valence-electron chi connectivity index (χ3n) is 3.72.